The number of benzene rings is 2. The van der Waals surface area contributed by atoms with E-state index in [1.165, 1.54) is 30.3 Å². The molecule has 3 nitrogen and oxygen atoms in total. The Morgan fingerprint density at radius 3 is 2.27 bits per heavy atom. The molecule has 22 heavy (non-hydrogen) atoms. The average Bonchev–Trinajstić information content (AvgIpc) is 2.46. The molecule has 6 heteroatoms. The Bertz CT molecular complexity index is 676. The van der Waals surface area contributed by atoms with Crippen molar-refractivity contribution < 1.29 is 27.8 Å². The highest BCUT2D eigenvalue weighted by molar-refractivity contribution is 5.90. The number of ether oxygens (including phenoxy) is 1. The minimum atomic E-state index is -4.54. The average molecular weight is 310 g/mol. The first kappa shape index (κ1) is 15.9. The molecule has 116 valence electrons. The summed E-state index contributed by atoms with van der Waals surface area (Å²) in [6.45, 7) is 1.92. The van der Waals surface area contributed by atoms with Crippen molar-refractivity contribution >= 4 is 5.97 Å². The van der Waals surface area contributed by atoms with E-state index in [4.69, 9.17) is 4.74 Å². The van der Waals surface area contributed by atoms with E-state index in [1.54, 1.807) is 6.92 Å². The SMILES string of the molecule is CCOC(=O)c1ccc(-c2cc(O)cc(C(F)(F)F)c2)cc1. The van der Waals surface area contributed by atoms with Gasteiger partial charge in [0, 0.05) is 0 Å². The summed E-state index contributed by atoms with van der Waals surface area (Å²) in [5, 5.41) is 9.46. The Hall–Kier alpha value is -2.50. The molecule has 0 saturated carbocycles. The van der Waals surface area contributed by atoms with E-state index in [9.17, 15) is 23.1 Å². The van der Waals surface area contributed by atoms with Gasteiger partial charge in [-0.3, -0.25) is 0 Å². The van der Waals surface area contributed by atoms with Gasteiger partial charge in [0.2, 0.25) is 0 Å². The molecule has 0 aromatic heterocycles. The van der Waals surface area contributed by atoms with Crippen molar-refractivity contribution in [2.24, 2.45) is 0 Å². The van der Waals surface area contributed by atoms with Crippen molar-refractivity contribution in [1.82, 2.24) is 0 Å². The van der Waals surface area contributed by atoms with Gasteiger partial charge < -0.3 is 9.84 Å². The maximum atomic E-state index is 12.7. The summed E-state index contributed by atoms with van der Waals surface area (Å²) in [6, 6.07) is 8.77. The lowest BCUT2D eigenvalue weighted by Gasteiger charge is -2.10. The zero-order valence-electron chi connectivity index (χ0n) is 11.6. The van der Waals surface area contributed by atoms with Gasteiger partial charge in [-0.15, -0.1) is 0 Å². The smallest absolute Gasteiger partial charge is 0.416 e. The van der Waals surface area contributed by atoms with Crippen LogP contribution in [0.5, 0.6) is 5.75 Å². The van der Waals surface area contributed by atoms with Crippen LogP contribution in [0.25, 0.3) is 11.1 Å². The van der Waals surface area contributed by atoms with Crippen molar-refractivity contribution in [2.75, 3.05) is 6.61 Å². The highest BCUT2D eigenvalue weighted by Gasteiger charge is 2.31. The zero-order chi connectivity index (χ0) is 16.3. The molecule has 0 bridgehead atoms. The summed E-state index contributed by atoms with van der Waals surface area (Å²) in [4.78, 5) is 11.5. The standard InChI is InChI=1S/C16H13F3O3/c1-2-22-15(21)11-5-3-10(4-6-11)12-7-13(16(17,18)19)9-14(20)8-12/h3-9,20H,2H2,1H3. The number of carbonyl (C=O) groups is 1. The van der Waals surface area contributed by atoms with Gasteiger partial charge in [0.25, 0.3) is 0 Å². The minimum absolute atomic E-state index is 0.211. The molecule has 0 aliphatic rings. The lowest BCUT2D eigenvalue weighted by atomic mass is 10.0. The molecule has 0 heterocycles. The molecular formula is C16H13F3O3. The lowest BCUT2D eigenvalue weighted by molar-refractivity contribution is -0.137. The highest BCUT2D eigenvalue weighted by atomic mass is 19.4. The fraction of sp³-hybridized carbons (Fsp3) is 0.188. The maximum absolute atomic E-state index is 12.7. The fourth-order valence-corrected chi connectivity index (χ4v) is 1.95. The first-order valence-corrected chi connectivity index (χ1v) is 6.50. The maximum Gasteiger partial charge on any atom is 0.416 e. The van der Waals surface area contributed by atoms with Gasteiger partial charge in [0.15, 0.2) is 0 Å². The number of aromatic hydroxyl groups is 1. The van der Waals surface area contributed by atoms with Crippen LogP contribution in [0.3, 0.4) is 0 Å². The molecule has 1 N–H and O–H groups in total. The predicted molar refractivity (Wildman–Crippen MR) is 74.5 cm³/mol. The molecular weight excluding hydrogens is 297 g/mol. The van der Waals surface area contributed by atoms with Crippen molar-refractivity contribution in [1.29, 1.82) is 0 Å². The molecule has 0 spiro atoms. The van der Waals surface area contributed by atoms with Gasteiger partial charge >= 0.3 is 12.1 Å². The van der Waals surface area contributed by atoms with Crippen LogP contribution in [0.1, 0.15) is 22.8 Å². The molecule has 2 rings (SSSR count). The number of hydrogen-bond acceptors (Lipinski definition) is 3. The second-order valence-electron chi connectivity index (χ2n) is 4.56. The number of hydrogen-bond donors (Lipinski definition) is 1. The van der Waals surface area contributed by atoms with Gasteiger partial charge in [0.1, 0.15) is 5.75 Å². The Balaban J connectivity index is 2.36. The molecule has 2 aromatic carbocycles. The molecule has 0 aliphatic heterocycles. The molecule has 0 amide bonds. The predicted octanol–water partition coefficient (Wildman–Crippen LogP) is 4.25. The zero-order valence-corrected chi connectivity index (χ0v) is 11.6. The summed E-state index contributed by atoms with van der Waals surface area (Å²) in [5.41, 5.74) is 0.0379. The molecule has 0 radical (unpaired) electrons. The molecule has 0 atom stereocenters. The topological polar surface area (TPSA) is 46.5 Å². The van der Waals surface area contributed by atoms with E-state index in [-0.39, 0.29) is 12.2 Å². The summed E-state index contributed by atoms with van der Waals surface area (Å²) < 4.78 is 43.1. The van der Waals surface area contributed by atoms with Gasteiger partial charge in [-0.2, -0.15) is 13.2 Å². The van der Waals surface area contributed by atoms with Crippen LogP contribution in [0, 0.1) is 0 Å². The molecule has 0 saturated heterocycles. The fourth-order valence-electron chi connectivity index (χ4n) is 1.95. The number of alkyl halides is 3. The number of carbonyl (C=O) groups excluding carboxylic acids is 1. The molecule has 0 fully saturated rings. The van der Waals surface area contributed by atoms with E-state index in [2.05, 4.69) is 0 Å². The quantitative estimate of drug-likeness (QED) is 0.862. The van der Waals surface area contributed by atoms with Gasteiger partial charge in [-0.1, -0.05) is 12.1 Å². The van der Waals surface area contributed by atoms with E-state index >= 15 is 0 Å². The first-order valence-electron chi connectivity index (χ1n) is 6.50. The third-order valence-electron chi connectivity index (χ3n) is 2.97. The number of phenols is 1. The Morgan fingerprint density at radius 1 is 1.09 bits per heavy atom. The molecule has 0 aliphatic carbocycles. The van der Waals surface area contributed by atoms with E-state index in [0.29, 0.717) is 17.2 Å². The van der Waals surface area contributed by atoms with E-state index in [1.807, 2.05) is 0 Å². The van der Waals surface area contributed by atoms with Gasteiger partial charge in [-0.05, 0) is 48.4 Å². The van der Waals surface area contributed by atoms with Crippen LogP contribution in [0.15, 0.2) is 42.5 Å². The van der Waals surface area contributed by atoms with Crippen molar-refractivity contribution in [3.63, 3.8) is 0 Å². The Morgan fingerprint density at radius 2 is 1.73 bits per heavy atom. The molecule has 0 unspecified atom stereocenters. The van der Waals surface area contributed by atoms with E-state index in [0.717, 1.165) is 6.07 Å². The summed E-state index contributed by atoms with van der Waals surface area (Å²) >= 11 is 0. The largest absolute Gasteiger partial charge is 0.508 e. The Kier molecular flexibility index (Phi) is 4.40. The summed E-state index contributed by atoms with van der Waals surface area (Å²) in [5.74, 6) is -0.972. The minimum Gasteiger partial charge on any atom is -0.508 e. The number of rotatable bonds is 3. The van der Waals surface area contributed by atoms with E-state index < -0.39 is 23.5 Å². The van der Waals surface area contributed by atoms with Crippen LogP contribution in [0.2, 0.25) is 0 Å². The number of halogens is 3. The van der Waals surface area contributed by atoms with Crippen LogP contribution in [-0.4, -0.2) is 17.7 Å². The van der Waals surface area contributed by atoms with Gasteiger partial charge in [0.05, 0.1) is 17.7 Å². The number of phenolic OH excluding ortho intramolecular Hbond substituents is 1. The second-order valence-corrected chi connectivity index (χ2v) is 4.56. The van der Waals surface area contributed by atoms with Crippen LogP contribution in [0.4, 0.5) is 13.2 Å². The summed E-state index contributed by atoms with van der Waals surface area (Å²) in [7, 11) is 0. The normalized spacial score (nSPS) is 11.3. The van der Waals surface area contributed by atoms with Crippen LogP contribution in [-0.2, 0) is 10.9 Å². The highest BCUT2D eigenvalue weighted by Crippen LogP contribution is 2.35. The third-order valence-corrected chi connectivity index (χ3v) is 2.97. The van der Waals surface area contributed by atoms with Crippen LogP contribution < -0.4 is 0 Å². The first-order chi connectivity index (χ1) is 10.3. The lowest BCUT2D eigenvalue weighted by Crippen LogP contribution is -2.05. The van der Waals surface area contributed by atoms with Crippen molar-refractivity contribution in [3.8, 4) is 16.9 Å². The van der Waals surface area contributed by atoms with Crippen LogP contribution >= 0.6 is 0 Å². The second kappa shape index (κ2) is 6.09. The monoisotopic (exact) mass is 310 g/mol. The summed E-state index contributed by atoms with van der Waals surface area (Å²) in [6.07, 6.45) is -4.54. The third kappa shape index (κ3) is 3.58. The van der Waals surface area contributed by atoms with Crippen molar-refractivity contribution in [3.05, 3.63) is 53.6 Å². The van der Waals surface area contributed by atoms with Crippen molar-refractivity contribution in [2.45, 2.75) is 13.1 Å². The molecule has 2 aromatic rings. The number of esters is 1. The van der Waals surface area contributed by atoms with Gasteiger partial charge in [-0.25, -0.2) is 4.79 Å². The Labute approximate surface area is 125 Å².